The van der Waals surface area contributed by atoms with Crippen LogP contribution in [0.2, 0.25) is 15.1 Å². The van der Waals surface area contributed by atoms with E-state index in [0.29, 0.717) is 32.3 Å². The molecule has 0 unspecified atom stereocenters. The molecular formula is C20H16Cl3NO3. The summed E-state index contributed by atoms with van der Waals surface area (Å²) in [5.74, 6) is 0.610. The van der Waals surface area contributed by atoms with Crippen molar-refractivity contribution in [3.63, 3.8) is 0 Å². The van der Waals surface area contributed by atoms with E-state index in [1.54, 1.807) is 12.1 Å². The predicted octanol–water partition coefficient (Wildman–Crippen LogP) is 6.63. The lowest BCUT2D eigenvalue weighted by Crippen LogP contribution is -2.10. The number of anilines is 1. The second kappa shape index (κ2) is 8.70. The van der Waals surface area contributed by atoms with Gasteiger partial charge in [0.25, 0.3) is 5.91 Å². The maximum atomic E-state index is 12.3. The van der Waals surface area contributed by atoms with Crippen LogP contribution in [0.4, 0.5) is 5.69 Å². The average molecular weight is 425 g/mol. The predicted molar refractivity (Wildman–Crippen MR) is 108 cm³/mol. The molecule has 1 heterocycles. The summed E-state index contributed by atoms with van der Waals surface area (Å²) >= 11 is 18.0. The van der Waals surface area contributed by atoms with Gasteiger partial charge in [-0.2, -0.15) is 0 Å². The number of ether oxygens (including phenoxy) is 1. The number of benzene rings is 2. The Balaban J connectivity index is 1.63. The molecule has 1 aromatic heterocycles. The summed E-state index contributed by atoms with van der Waals surface area (Å²) in [6.07, 6.45) is 0.942. The Morgan fingerprint density at radius 2 is 1.70 bits per heavy atom. The van der Waals surface area contributed by atoms with Gasteiger partial charge in [0.2, 0.25) is 0 Å². The zero-order valence-electron chi connectivity index (χ0n) is 14.4. The van der Waals surface area contributed by atoms with Gasteiger partial charge in [-0.3, -0.25) is 4.79 Å². The van der Waals surface area contributed by atoms with Crippen molar-refractivity contribution in [2.24, 2.45) is 0 Å². The number of amides is 1. The van der Waals surface area contributed by atoms with E-state index >= 15 is 0 Å². The first-order valence-corrected chi connectivity index (χ1v) is 9.36. The quantitative estimate of drug-likeness (QED) is 0.483. The number of nitrogens with one attached hydrogen (secondary N) is 1. The smallest absolute Gasteiger partial charge is 0.291 e. The molecule has 3 aromatic rings. The van der Waals surface area contributed by atoms with Gasteiger partial charge in [0, 0.05) is 10.7 Å². The molecule has 0 atom stereocenters. The molecule has 0 bridgehead atoms. The molecule has 1 N–H and O–H groups in total. The molecule has 0 radical (unpaired) electrons. The molecule has 140 valence electrons. The molecule has 3 rings (SSSR count). The average Bonchev–Trinajstić information content (AvgIpc) is 3.10. The normalized spacial score (nSPS) is 10.7. The van der Waals surface area contributed by atoms with Crippen LogP contribution in [0, 0.1) is 0 Å². The number of hydrogen-bond acceptors (Lipinski definition) is 3. The number of carbonyl (C=O) groups excluding carboxylic acids is 1. The summed E-state index contributed by atoms with van der Waals surface area (Å²) in [5.41, 5.74) is 1.90. The van der Waals surface area contributed by atoms with Crippen molar-refractivity contribution in [3.8, 4) is 5.75 Å². The Morgan fingerprint density at radius 1 is 1.04 bits per heavy atom. The molecule has 0 fully saturated rings. The van der Waals surface area contributed by atoms with Gasteiger partial charge >= 0.3 is 0 Å². The minimum absolute atomic E-state index is 0.0690. The highest BCUT2D eigenvalue weighted by Crippen LogP contribution is 2.36. The minimum atomic E-state index is -0.340. The SMILES string of the molecule is CCc1ccc(NC(=O)c2ccc(COc3c(Cl)cc(Cl)cc3Cl)o2)cc1. The Bertz CT molecular complexity index is 928. The Kier molecular flexibility index (Phi) is 6.32. The standard InChI is InChI=1S/C20H16Cl3NO3/c1-2-12-3-5-14(6-4-12)24-20(25)18-8-7-15(27-18)11-26-19-16(22)9-13(21)10-17(19)23/h3-10H,2,11H2,1H3,(H,24,25). The summed E-state index contributed by atoms with van der Waals surface area (Å²) in [6.45, 7) is 2.14. The number of carbonyl (C=O) groups is 1. The van der Waals surface area contributed by atoms with Crippen LogP contribution in [0.5, 0.6) is 5.75 Å². The minimum Gasteiger partial charge on any atom is -0.483 e. The number of hydrogen-bond donors (Lipinski definition) is 1. The first kappa shape index (κ1) is 19.6. The van der Waals surface area contributed by atoms with E-state index in [0.717, 1.165) is 6.42 Å². The van der Waals surface area contributed by atoms with E-state index in [9.17, 15) is 4.79 Å². The Hall–Kier alpha value is -2.14. The molecule has 2 aromatic carbocycles. The van der Waals surface area contributed by atoms with Gasteiger partial charge < -0.3 is 14.5 Å². The third kappa shape index (κ3) is 4.98. The molecule has 7 heteroatoms. The topological polar surface area (TPSA) is 51.5 Å². The zero-order chi connectivity index (χ0) is 19.4. The van der Waals surface area contributed by atoms with E-state index in [2.05, 4.69) is 12.2 Å². The van der Waals surface area contributed by atoms with Crippen LogP contribution in [0.25, 0.3) is 0 Å². The van der Waals surface area contributed by atoms with Gasteiger partial charge in [0.15, 0.2) is 11.5 Å². The largest absolute Gasteiger partial charge is 0.483 e. The van der Waals surface area contributed by atoms with Crippen molar-refractivity contribution < 1.29 is 13.9 Å². The summed E-state index contributed by atoms with van der Waals surface area (Å²) in [6, 6.07) is 14.0. The van der Waals surface area contributed by atoms with Crippen LogP contribution in [0.3, 0.4) is 0 Å². The lowest BCUT2D eigenvalue weighted by atomic mass is 10.1. The maximum Gasteiger partial charge on any atom is 0.291 e. The maximum absolute atomic E-state index is 12.3. The number of furan rings is 1. The van der Waals surface area contributed by atoms with Gasteiger partial charge in [-0.05, 0) is 48.4 Å². The van der Waals surface area contributed by atoms with Crippen LogP contribution in [0.15, 0.2) is 52.9 Å². The Labute approximate surface area is 172 Å². The highest BCUT2D eigenvalue weighted by Gasteiger charge is 2.14. The molecule has 0 saturated carbocycles. The van der Waals surface area contributed by atoms with E-state index in [1.165, 1.54) is 17.7 Å². The molecule has 0 aliphatic carbocycles. The number of rotatable bonds is 6. The van der Waals surface area contributed by atoms with E-state index < -0.39 is 0 Å². The molecule has 27 heavy (non-hydrogen) atoms. The highest BCUT2D eigenvalue weighted by atomic mass is 35.5. The molecule has 0 aliphatic heterocycles. The monoisotopic (exact) mass is 423 g/mol. The van der Waals surface area contributed by atoms with Crippen LogP contribution in [-0.2, 0) is 13.0 Å². The summed E-state index contributed by atoms with van der Waals surface area (Å²) in [4.78, 5) is 12.3. The lowest BCUT2D eigenvalue weighted by Gasteiger charge is -2.09. The third-order valence-electron chi connectivity index (χ3n) is 3.83. The van der Waals surface area contributed by atoms with E-state index in [-0.39, 0.29) is 18.3 Å². The van der Waals surface area contributed by atoms with Crippen LogP contribution in [-0.4, -0.2) is 5.91 Å². The van der Waals surface area contributed by atoms with Gasteiger partial charge in [-0.1, -0.05) is 53.9 Å². The molecule has 0 saturated heterocycles. The molecule has 0 aliphatic rings. The van der Waals surface area contributed by atoms with Crippen molar-refractivity contribution in [2.75, 3.05) is 5.32 Å². The van der Waals surface area contributed by atoms with Crippen molar-refractivity contribution >= 4 is 46.4 Å². The van der Waals surface area contributed by atoms with Gasteiger partial charge in [0.1, 0.15) is 12.4 Å². The van der Waals surface area contributed by atoms with E-state index in [1.807, 2.05) is 24.3 Å². The van der Waals surface area contributed by atoms with Crippen LogP contribution in [0.1, 0.15) is 28.8 Å². The molecular weight excluding hydrogens is 409 g/mol. The molecule has 4 nitrogen and oxygen atoms in total. The zero-order valence-corrected chi connectivity index (χ0v) is 16.7. The highest BCUT2D eigenvalue weighted by molar-refractivity contribution is 6.40. The van der Waals surface area contributed by atoms with Crippen LogP contribution >= 0.6 is 34.8 Å². The first-order valence-electron chi connectivity index (χ1n) is 8.22. The number of aryl methyl sites for hydroxylation is 1. The second-order valence-corrected chi connectivity index (χ2v) is 7.01. The van der Waals surface area contributed by atoms with Crippen molar-refractivity contribution in [1.29, 1.82) is 0 Å². The van der Waals surface area contributed by atoms with Gasteiger partial charge in [-0.25, -0.2) is 0 Å². The van der Waals surface area contributed by atoms with Crippen molar-refractivity contribution in [1.82, 2.24) is 0 Å². The van der Waals surface area contributed by atoms with Gasteiger partial charge in [0.05, 0.1) is 10.0 Å². The first-order chi connectivity index (χ1) is 13.0. The Morgan fingerprint density at radius 3 is 2.33 bits per heavy atom. The van der Waals surface area contributed by atoms with Crippen molar-refractivity contribution in [2.45, 2.75) is 20.0 Å². The second-order valence-electron chi connectivity index (χ2n) is 5.76. The van der Waals surface area contributed by atoms with Crippen molar-refractivity contribution in [3.05, 3.63) is 80.7 Å². The molecule has 0 spiro atoms. The summed E-state index contributed by atoms with van der Waals surface area (Å²) in [5, 5.41) is 3.81. The lowest BCUT2D eigenvalue weighted by molar-refractivity contribution is 0.0992. The number of halogens is 3. The fourth-order valence-electron chi connectivity index (χ4n) is 2.40. The van der Waals surface area contributed by atoms with Gasteiger partial charge in [-0.15, -0.1) is 0 Å². The summed E-state index contributed by atoms with van der Waals surface area (Å²) < 4.78 is 11.1. The fourth-order valence-corrected chi connectivity index (χ4v) is 3.33. The third-order valence-corrected chi connectivity index (χ3v) is 4.61. The fraction of sp³-hybridized carbons (Fsp3) is 0.150. The summed E-state index contributed by atoms with van der Waals surface area (Å²) in [7, 11) is 0. The van der Waals surface area contributed by atoms with Crippen LogP contribution < -0.4 is 10.1 Å². The van der Waals surface area contributed by atoms with E-state index in [4.69, 9.17) is 44.0 Å². The molecule has 1 amide bonds.